The van der Waals surface area contributed by atoms with E-state index in [0.717, 1.165) is 54.1 Å². The van der Waals surface area contributed by atoms with Crippen molar-refractivity contribution in [3.63, 3.8) is 0 Å². The first kappa shape index (κ1) is 23.0. The molecule has 1 atom stereocenters. The van der Waals surface area contributed by atoms with Gasteiger partial charge in [0.2, 0.25) is 0 Å². The fourth-order valence-corrected chi connectivity index (χ4v) is 4.53. The number of methoxy groups -OCH3 is 2. The molecule has 0 amide bonds. The van der Waals surface area contributed by atoms with Crippen molar-refractivity contribution in [3.8, 4) is 11.5 Å². The van der Waals surface area contributed by atoms with Crippen LogP contribution in [0.5, 0.6) is 11.5 Å². The average molecular weight is 476 g/mol. The molecule has 0 radical (unpaired) electrons. The molecular weight excluding hydrogens is 446 g/mol. The molecule has 1 fully saturated rings. The van der Waals surface area contributed by atoms with Gasteiger partial charge in [0.15, 0.2) is 5.82 Å². The number of tetrazole rings is 1. The SMILES string of the molecule is COc1ccc(Cn2nnnc2[C@@H](c2cc3cc(OC)ccc3[nH]c2=O)N2CCN(C)CC2)cc1. The van der Waals surface area contributed by atoms with Crippen LogP contribution in [0.15, 0.2) is 53.3 Å². The van der Waals surface area contributed by atoms with Gasteiger partial charge in [-0.05, 0) is 59.4 Å². The number of rotatable bonds is 7. The second-order valence-electron chi connectivity index (χ2n) is 8.79. The van der Waals surface area contributed by atoms with Crippen molar-refractivity contribution < 1.29 is 9.47 Å². The second-order valence-corrected chi connectivity index (χ2v) is 8.79. The number of fused-ring (bicyclic) bond motifs is 1. The molecule has 0 spiro atoms. The lowest BCUT2D eigenvalue weighted by atomic mass is 10.0. The third-order valence-corrected chi connectivity index (χ3v) is 6.57. The fourth-order valence-electron chi connectivity index (χ4n) is 4.53. The standard InChI is InChI=1S/C25H29N7O3/c1-30-10-12-31(13-11-30)23(21-15-18-14-20(35-3)8-9-22(18)26-25(21)33)24-27-28-29-32(24)16-17-4-6-19(34-2)7-5-17/h4-9,14-15,23H,10-13,16H2,1-3H3,(H,26,33)/t23-/m1/s1. The van der Waals surface area contributed by atoms with Gasteiger partial charge in [-0.15, -0.1) is 5.10 Å². The molecule has 1 aliphatic rings. The Bertz CT molecular complexity index is 1360. The van der Waals surface area contributed by atoms with Crippen LogP contribution >= 0.6 is 0 Å². The molecule has 4 aromatic rings. The predicted octanol–water partition coefficient (Wildman–Crippen LogP) is 1.92. The number of hydrogen-bond donors (Lipinski definition) is 1. The number of piperazine rings is 1. The number of aromatic amines is 1. The average Bonchev–Trinajstić information content (AvgIpc) is 3.33. The number of nitrogens with one attached hydrogen (secondary N) is 1. The van der Waals surface area contributed by atoms with Gasteiger partial charge in [0.1, 0.15) is 17.5 Å². The quantitative estimate of drug-likeness (QED) is 0.433. The Morgan fingerprint density at radius 3 is 2.40 bits per heavy atom. The molecule has 2 aromatic carbocycles. The summed E-state index contributed by atoms with van der Waals surface area (Å²) in [7, 11) is 5.38. The van der Waals surface area contributed by atoms with E-state index in [4.69, 9.17) is 9.47 Å². The number of ether oxygens (including phenoxy) is 2. The molecular formula is C25H29N7O3. The largest absolute Gasteiger partial charge is 0.497 e. The zero-order valence-corrected chi connectivity index (χ0v) is 20.1. The van der Waals surface area contributed by atoms with Gasteiger partial charge in [-0.1, -0.05) is 12.1 Å². The van der Waals surface area contributed by atoms with E-state index in [9.17, 15) is 4.79 Å². The third kappa shape index (κ3) is 4.75. The molecule has 0 unspecified atom stereocenters. The molecule has 0 aliphatic carbocycles. The highest BCUT2D eigenvalue weighted by atomic mass is 16.5. The molecule has 10 nitrogen and oxygen atoms in total. The Labute approximate surface area is 203 Å². The molecule has 5 rings (SSSR count). The molecule has 1 aliphatic heterocycles. The monoisotopic (exact) mass is 475 g/mol. The summed E-state index contributed by atoms with van der Waals surface area (Å²) in [6, 6.07) is 15.0. The lowest BCUT2D eigenvalue weighted by molar-refractivity contribution is 0.121. The number of nitrogens with zero attached hydrogens (tertiary/aromatic N) is 6. The summed E-state index contributed by atoms with van der Waals surface area (Å²) in [4.78, 5) is 21.0. The van der Waals surface area contributed by atoms with Crippen LogP contribution in [0.2, 0.25) is 0 Å². The molecule has 0 saturated carbocycles. The van der Waals surface area contributed by atoms with Crippen LogP contribution in [-0.4, -0.2) is 82.4 Å². The minimum atomic E-state index is -0.392. The lowest BCUT2D eigenvalue weighted by Gasteiger charge is -2.37. The minimum Gasteiger partial charge on any atom is -0.497 e. The van der Waals surface area contributed by atoms with E-state index in [1.165, 1.54) is 0 Å². The lowest BCUT2D eigenvalue weighted by Crippen LogP contribution is -2.47. The topological polar surface area (TPSA) is 101 Å². The number of pyridine rings is 1. The van der Waals surface area contributed by atoms with Crippen molar-refractivity contribution in [2.24, 2.45) is 0 Å². The maximum absolute atomic E-state index is 13.4. The van der Waals surface area contributed by atoms with Crippen LogP contribution in [0.3, 0.4) is 0 Å². The molecule has 35 heavy (non-hydrogen) atoms. The van der Waals surface area contributed by atoms with Crippen LogP contribution in [0.4, 0.5) is 0 Å². The van der Waals surface area contributed by atoms with Crippen LogP contribution < -0.4 is 15.0 Å². The summed E-state index contributed by atoms with van der Waals surface area (Å²) in [6.07, 6.45) is 0. The van der Waals surface area contributed by atoms with E-state index >= 15 is 0 Å². The molecule has 182 valence electrons. The van der Waals surface area contributed by atoms with Crippen molar-refractivity contribution in [2.45, 2.75) is 12.6 Å². The van der Waals surface area contributed by atoms with Gasteiger partial charge in [-0.3, -0.25) is 9.69 Å². The summed E-state index contributed by atoms with van der Waals surface area (Å²) in [6.45, 7) is 3.87. The number of hydrogen-bond acceptors (Lipinski definition) is 8. The summed E-state index contributed by atoms with van der Waals surface area (Å²) in [5.74, 6) is 2.16. The van der Waals surface area contributed by atoms with E-state index in [2.05, 4.69) is 37.4 Å². The summed E-state index contributed by atoms with van der Waals surface area (Å²) in [5.41, 5.74) is 2.26. The zero-order valence-electron chi connectivity index (χ0n) is 20.1. The van der Waals surface area contributed by atoms with E-state index in [1.54, 1.807) is 18.9 Å². The summed E-state index contributed by atoms with van der Waals surface area (Å²) in [5, 5.41) is 13.6. The Balaban J connectivity index is 1.58. The number of benzene rings is 2. The highest BCUT2D eigenvalue weighted by molar-refractivity contribution is 5.80. The molecule has 1 saturated heterocycles. The van der Waals surface area contributed by atoms with Gasteiger partial charge >= 0.3 is 0 Å². The molecule has 0 bridgehead atoms. The Hall–Kier alpha value is -3.76. The van der Waals surface area contributed by atoms with E-state index < -0.39 is 6.04 Å². The van der Waals surface area contributed by atoms with Crippen LogP contribution in [0.25, 0.3) is 10.9 Å². The third-order valence-electron chi connectivity index (χ3n) is 6.57. The Kier molecular flexibility index (Phi) is 6.47. The van der Waals surface area contributed by atoms with Gasteiger partial charge < -0.3 is 19.4 Å². The minimum absolute atomic E-state index is 0.148. The van der Waals surface area contributed by atoms with Crippen molar-refractivity contribution in [2.75, 3.05) is 47.4 Å². The Morgan fingerprint density at radius 2 is 1.69 bits per heavy atom. The van der Waals surface area contributed by atoms with Crippen molar-refractivity contribution >= 4 is 10.9 Å². The van der Waals surface area contributed by atoms with E-state index in [-0.39, 0.29) is 5.56 Å². The van der Waals surface area contributed by atoms with Crippen molar-refractivity contribution in [1.29, 1.82) is 0 Å². The van der Waals surface area contributed by atoms with Crippen LogP contribution in [-0.2, 0) is 6.54 Å². The Morgan fingerprint density at radius 1 is 0.971 bits per heavy atom. The first-order valence-electron chi connectivity index (χ1n) is 11.6. The van der Waals surface area contributed by atoms with Gasteiger partial charge in [0, 0.05) is 42.6 Å². The van der Waals surface area contributed by atoms with E-state index in [1.807, 2.05) is 48.5 Å². The van der Waals surface area contributed by atoms with Gasteiger partial charge in [0.05, 0.1) is 20.8 Å². The summed E-state index contributed by atoms with van der Waals surface area (Å²) < 4.78 is 12.5. The van der Waals surface area contributed by atoms with Crippen LogP contribution in [0, 0.1) is 0 Å². The van der Waals surface area contributed by atoms with Gasteiger partial charge in [-0.2, -0.15) is 0 Å². The molecule has 1 N–H and O–H groups in total. The van der Waals surface area contributed by atoms with Crippen molar-refractivity contribution in [3.05, 3.63) is 75.8 Å². The zero-order chi connectivity index (χ0) is 24.4. The highest BCUT2D eigenvalue weighted by Crippen LogP contribution is 2.29. The number of likely N-dealkylation sites (N-methyl/N-ethyl adjacent to an activating group) is 1. The number of aromatic nitrogens is 5. The van der Waals surface area contributed by atoms with E-state index in [0.29, 0.717) is 17.9 Å². The fraction of sp³-hybridized carbons (Fsp3) is 0.360. The van der Waals surface area contributed by atoms with Gasteiger partial charge in [0.25, 0.3) is 5.56 Å². The first-order valence-corrected chi connectivity index (χ1v) is 11.6. The normalized spacial score (nSPS) is 15.9. The van der Waals surface area contributed by atoms with Crippen LogP contribution in [0.1, 0.15) is 23.0 Å². The van der Waals surface area contributed by atoms with Crippen molar-refractivity contribution in [1.82, 2.24) is 35.0 Å². The second kappa shape index (κ2) is 9.85. The molecule has 3 heterocycles. The summed E-state index contributed by atoms with van der Waals surface area (Å²) >= 11 is 0. The van der Waals surface area contributed by atoms with Gasteiger partial charge in [-0.25, -0.2) is 4.68 Å². The molecule has 2 aromatic heterocycles. The maximum Gasteiger partial charge on any atom is 0.253 e. The maximum atomic E-state index is 13.4. The predicted molar refractivity (Wildman–Crippen MR) is 132 cm³/mol. The molecule has 10 heteroatoms. The number of H-pyrrole nitrogens is 1. The first-order chi connectivity index (χ1) is 17.1. The highest BCUT2D eigenvalue weighted by Gasteiger charge is 2.32. The smallest absolute Gasteiger partial charge is 0.253 e.